The molecule has 1 aromatic heterocycles. The van der Waals surface area contributed by atoms with Crippen LogP contribution in [0.25, 0.3) is 22.0 Å². The minimum Gasteiger partial charge on any atom is -0.308 e. The van der Waals surface area contributed by atoms with E-state index in [0.717, 1.165) is 22.2 Å². The Labute approximate surface area is 182 Å². The maximum atomic E-state index is 12.3. The minimum atomic E-state index is -0.323. The summed E-state index contributed by atoms with van der Waals surface area (Å²) in [5.41, 5.74) is 3.23. The Kier molecular flexibility index (Phi) is 5.58. The van der Waals surface area contributed by atoms with Crippen LogP contribution in [-0.4, -0.2) is 16.0 Å². The molecule has 1 heterocycles. The molecule has 0 radical (unpaired) electrons. The van der Waals surface area contributed by atoms with E-state index < -0.39 is 0 Å². The molecule has 0 aliphatic carbocycles. The molecule has 0 bridgehead atoms. The van der Waals surface area contributed by atoms with Crippen molar-refractivity contribution >= 4 is 62.1 Å². The molecule has 0 saturated heterocycles. The van der Waals surface area contributed by atoms with Crippen molar-refractivity contribution in [2.45, 2.75) is 6.92 Å². The molecule has 0 saturated carbocycles. The molecule has 0 aliphatic heterocycles. The number of carbonyl (C=O) groups excluding carboxylic acids is 1. The molecule has 7 heteroatoms. The van der Waals surface area contributed by atoms with E-state index in [2.05, 4.69) is 39.9 Å². The first-order valence-corrected chi connectivity index (χ1v) is 10.5. The average Bonchev–Trinajstić information content (AvgIpc) is 3.18. The molecule has 0 spiro atoms. The van der Waals surface area contributed by atoms with Crippen LogP contribution in [0.2, 0.25) is 5.02 Å². The predicted molar refractivity (Wildman–Crippen MR) is 125 cm³/mol. The zero-order valence-electron chi connectivity index (χ0n) is 15.4. The summed E-state index contributed by atoms with van der Waals surface area (Å²) in [5.74, 6) is -0.323. The van der Waals surface area contributed by atoms with Crippen LogP contribution in [0, 0.1) is 6.92 Å². The number of nitrogens with zero attached hydrogens (tertiary/aromatic N) is 1. The van der Waals surface area contributed by atoms with E-state index in [9.17, 15) is 4.79 Å². The molecule has 0 fully saturated rings. The second kappa shape index (κ2) is 8.29. The van der Waals surface area contributed by atoms with Gasteiger partial charge >= 0.3 is 0 Å². The van der Waals surface area contributed by atoms with Crippen molar-refractivity contribution in [1.29, 1.82) is 0 Å². The zero-order chi connectivity index (χ0) is 20.4. The number of thiocarbonyl (C=S) groups is 1. The van der Waals surface area contributed by atoms with Crippen molar-refractivity contribution in [2.24, 2.45) is 0 Å². The van der Waals surface area contributed by atoms with Crippen molar-refractivity contribution in [3.05, 3.63) is 82.2 Å². The third-order valence-corrected chi connectivity index (χ3v) is 5.80. The summed E-state index contributed by atoms with van der Waals surface area (Å²) in [5, 5.41) is 11.3. The molecule has 3 aromatic carbocycles. The molecule has 0 unspecified atom stereocenters. The number of fused-ring (bicyclic) bond motifs is 1. The normalized spacial score (nSPS) is 10.7. The van der Waals surface area contributed by atoms with Crippen LogP contribution < -0.4 is 10.6 Å². The highest BCUT2D eigenvalue weighted by atomic mass is 35.5. The van der Waals surface area contributed by atoms with Gasteiger partial charge in [0.1, 0.15) is 0 Å². The highest BCUT2D eigenvalue weighted by Crippen LogP contribution is 2.27. The third kappa shape index (κ3) is 4.45. The fourth-order valence-electron chi connectivity index (χ4n) is 2.85. The summed E-state index contributed by atoms with van der Waals surface area (Å²) in [7, 11) is 0. The van der Waals surface area contributed by atoms with Crippen molar-refractivity contribution in [2.75, 3.05) is 5.32 Å². The number of aryl methyl sites for hydroxylation is 1. The van der Waals surface area contributed by atoms with E-state index in [-0.39, 0.29) is 11.0 Å². The largest absolute Gasteiger partial charge is 0.308 e. The van der Waals surface area contributed by atoms with Gasteiger partial charge in [0.2, 0.25) is 0 Å². The van der Waals surface area contributed by atoms with Gasteiger partial charge in [0.15, 0.2) is 10.2 Å². The van der Waals surface area contributed by atoms with Crippen molar-refractivity contribution < 1.29 is 4.79 Å². The number of rotatable bonds is 3. The van der Waals surface area contributed by atoms with Gasteiger partial charge in [-0.25, -0.2) is 4.98 Å². The summed E-state index contributed by atoms with van der Waals surface area (Å²) in [4.78, 5) is 16.9. The first-order chi connectivity index (χ1) is 14.0. The number of thiazole rings is 1. The number of anilines is 1. The molecule has 2 N–H and O–H groups in total. The Morgan fingerprint density at radius 3 is 2.66 bits per heavy atom. The Morgan fingerprint density at radius 2 is 1.86 bits per heavy atom. The maximum absolute atomic E-state index is 12.3. The molecular weight excluding hydrogens is 422 g/mol. The Morgan fingerprint density at radius 1 is 1.07 bits per heavy atom. The third-order valence-electron chi connectivity index (χ3n) is 4.43. The lowest BCUT2D eigenvalue weighted by Gasteiger charge is -2.08. The van der Waals surface area contributed by atoms with E-state index in [1.807, 2.05) is 30.5 Å². The molecular formula is C22H16ClN3OS2. The summed E-state index contributed by atoms with van der Waals surface area (Å²) in [6, 6.07) is 19.5. The average molecular weight is 438 g/mol. The molecule has 144 valence electrons. The van der Waals surface area contributed by atoms with Crippen LogP contribution in [0.5, 0.6) is 0 Å². The minimum absolute atomic E-state index is 0.186. The van der Waals surface area contributed by atoms with Crippen LogP contribution >= 0.6 is 35.2 Å². The molecule has 0 aliphatic rings. The second-order valence-electron chi connectivity index (χ2n) is 6.47. The van der Waals surface area contributed by atoms with Gasteiger partial charge in [-0.1, -0.05) is 54.1 Å². The maximum Gasteiger partial charge on any atom is 0.257 e. The van der Waals surface area contributed by atoms with Crippen LogP contribution in [-0.2, 0) is 0 Å². The van der Waals surface area contributed by atoms with E-state index in [1.165, 1.54) is 16.7 Å². The topological polar surface area (TPSA) is 54.0 Å². The van der Waals surface area contributed by atoms with Crippen LogP contribution in [0.15, 0.2) is 66.0 Å². The fourth-order valence-corrected chi connectivity index (χ4v) is 4.01. The van der Waals surface area contributed by atoms with Crippen molar-refractivity contribution in [3.63, 3.8) is 0 Å². The summed E-state index contributed by atoms with van der Waals surface area (Å²) in [6.07, 6.45) is 0. The van der Waals surface area contributed by atoms with Gasteiger partial charge in [-0.05, 0) is 53.7 Å². The van der Waals surface area contributed by atoms with E-state index in [0.29, 0.717) is 15.7 Å². The number of amides is 1. The Hall–Kier alpha value is -2.80. The first kappa shape index (κ1) is 19.5. The number of hydrogen-bond donors (Lipinski definition) is 2. The molecule has 4 aromatic rings. The summed E-state index contributed by atoms with van der Waals surface area (Å²) >= 11 is 12.8. The number of aromatic nitrogens is 1. The molecule has 4 rings (SSSR count). The predicted octanol–water partition coefficient (Wildman–Crippen LogP) is 6.05. The summed E-state index contributed by atoms with van der Waals surface area (Å²) in [6.45, 7) is 1.88. The van der Waals surface area contributed by atoms with E-state index >= 15 is 0 Å². The lowest BCUT2D eigenvalue weighted by molar-refractivity contribution is 0.0977. The van der Waals surface area contributed by atoms with Crippen LogP contribution in [0.4, 0.5) is 5.13 Å². The molecule has 4 nitrogen and oxygen atoms in total. The second-order valence-corrected chi connectivity index (χ2v) is 8.15. The van der Waals surface area contributed by atoms with Crippen LogP contribution in [0.3, 0.4) is 0 Å². The van der Waals surface area contributed by atoms with Crippen molar-refractivity contribution in [1.82, 2.24) is 10.3 Å². The van der Waals surface area contributed by atoms with Gasteiger partial charge in [-0.3, -0.25) is 10.1 Å². The summed E-state index contributed by atoms with van der Waals surface area (Å²) < 4.78 is 0. The van der Waals surface area contributed by atoms with E-state index in [4.69, 9.17) is 23.8 Å². The van der Waals surface area contributed by atoms with Gasteiger partial charge in [0.25, 0.3) is 5.91 Å². The monoisotopic (exact) mass is 437 g/mol. The van der Waals surface area contributed by atoms with Gasteiger partial charge < -0.3 is 5.32 Å². The smallest absolute Gasteiger partial charge is 0.257 e. The quantitative estimate of drug-likeness (QED) is 0.383. The number of nitrogens with one attached hydrogen (secondary N) is 2. The molecule has 1 amide bonds. The fraction of sp³-hybridized carbons (Fsp3) is 0.0455. The zero-order valence-corrected chi connectivity index (χ0v) is 17.8. The Bertz CT molecular complexity index is 1240. The molecule has 0 atom stereocenters. The number of benzene rings is 3. The van der Waals surface area contributed by atoms with Gasteiger partial charge in [0, 0.05) is 21.5 Å². The SMILES string of the molecule is Cc1ccc(C(=O)NC(=S)Nc2nc(-c3ccc4ccccc4c3)cs2)cc1Cl. The standard InChI is InChI=1S/C22H16ClN3OS2/c1-13-6-7-17(11-18(13)23)20(27)25-21(28)26-22-24-19(12-29-22)16-9-8-14-4-2-3-5-15(14)10-16/h2-12H,1H3,(H2,24,25,26,27,28). The van der Waals surface area contributed by atoms with Gasteiger partial charge in [-0.2, -0.15) is 0 Å². The Balaban J connectivity index is 1.44. The van der Waals surface area contributed by atoms with Gasteiger partial charge in [0.05, 0.1) is 5.69 Å². The lowest BCUT2D eigenvalue weighted by atomic mass is 10.1. The number of halogens is 1. The van der Waals surface area contributed by atoms with Crippen molar-refractivity contribution in [3.8, 4) is 11.3 Å². The van der Waals surface area contributed by atoms with Gasteiger partial charge in [-0.15, -0.1) is 11.3 Å². The lowest BCUT2D eigenvalue weighted by Crippen LogP contribution is -2.34. The first-order valence-electron chi connectivity index (χ1n) is 8.83. The molecule has 29 heavy (non-hydrogen) atoms. The number of hydrogen-bond acceptors (Lipinski definition) is 4. The van der Waals surface area contributed by atoms with Crippen LogP contribution in [0.1, 0.15) is 15.9 Å². The number of carbonyl (C=O) groups is 1. The highest BCUT2D eigenvalue weighted by Gasteiger charge is 2.11. The highest BCUT2D eigenvalue weighted by molar-refractivity contribution is 7.80. The van der Waals surface area contributed by atoms with E-state index in [1.54, 1.807) is 18.2 Å².